The number of nitrogens with one attached hydrogen (secondary N) is 2. The second kappa shape index (κ2) is 14.6. The zero-order valence-electron chi connectivity index (χ0n) is 19.1. The Morgan fingerprint density at radius 3 is 2.59 bits per heavy atom. The Bertz CT molecular complexity index is 814. The molecule has 9 heteroatoms. The maximum absolute atomic E-state index is 5.53. The molecule has 1 atom stereocenters. The third-order valence-corrected chi connectivity index (χ3v) is 6.40. The minimum atomic E-state index is 0. The van der Waals surface area contributed by atoms with Crippen LogP contribution < -0.4 is 20.1 Å². The molecule has 1 aliphatic heterocycles. The SMILES string of the molecule is CN=C(NCCCc1ccc(OC)c(OC)c1)NCC(c1cccs1)N1CCOCC1.I. The third kappa shape index (κ3) is 7.79. The van der Waals surface area contributed by atoms with Crippen molar-refractivity contribution in [2.24, 2.45) is 4.99 Å². The van der Waals surface area contributed by atoms with E-state index in [0.717, 1.165) is 69.7 Å². The highest BCUT2D eigenvalue weighted by Crippen LogP contribution is 2.28. The molecule has 1 aromatic heterocycles. The molecule has 1 saturated heterocycles. The fourth-order valence-corrected chi connectivity index (χ4v) is 4.59. The average Bonchev–Trinajstić information content (AvgIpc) is 3.35. The molecule has 178 valence electrons. The summed E-state index contributed by atoms with van der Waals surface area (Å²) in [6, 6.07) is 10.7. The van der Waals surface area contributed by atoms with Gasteiger partial charge in [-0.3, -0.25) is 9.89 Å². The largest absolute Gasteiger partial charge is 0.493 e. The molecule has 0 spiro atoms. The van der Waals surface area contributed by atoms with Gasteiger partial charge in [-0.15, -0.1) is 35.3 Å². The second-order valence-electron chi connectivity index (χ2n) is 7.35. The van der Waals surface area contributed by atoms with Crippen molar-refractivity contribution in [3.05, 3.63) is 46.2 Å². The second-order valence-corrected chi connectivity index (χ2v) is 8.33. The van der Waals surface area contributed by atoms with E-state index in [2.05, 4.69) is 44.1 Å². The van der Waals surface area contributed by atoms with Gasteiger partial charge in [0, 0.05) is 38.1 Å². The van der Waals surface area contributed by atoms with E-state index >= 15 is 0 Å². The summed E-state index contributed by atoms with van der Waals surface area (Å²) in [5.74, 6) is 2.37. The van der Waals surface area contributed by atoms with Crippen molar-refractivity contribution in [3.8, 4) is 11.5 Å². The average molecular weight is 575 g/mol. The van der Waals surface area contributed by atoms with Gasteiger partial charge in [0.2, 0.25) is 0 Å². The molecule has 7 nitrogen and oxygen atoms in total. The summed E-state index contributed by atoms with van der Waals surface area (Å²) >= 11 is 1.81. The van der Waals surface area contributed by atoms with Gasteiger partial charge >= 0.3 is 0 Å². The van der Waals surface area contributed by atoms with Gasteiger partial charge in [0.25, 0.3) is 0 Å². The van der Waals surface area contributed by atoms with Crippen LogP contribution in [0.25, 0.3) is 0 Å². The molecule has 2 aromatic rings. The van der Waals surface area contributed by atoms with Gasteiger partial charge in [0.15, 0.2) is 17.5 Å². The molecule has 0 saturated carbocycles. The van der Waals surface area contributed by atoms with Crippen LogP contribution in [0.1, 0.15) is 22.9 Å². The number of halogens is 1. The van der Waals surface area contributed by atoms with Gasteiger partial charge in [-0.05, 0) is 42.0 Å². The first-order valence-electron chi connectivity index (χ1n) is 10.8. The van der Waals surface area contributed by atoms with Crippen LogP contribution in [-0.2, 0) is 11.2 Å². The summed E-state index contributed by atoms with van der Waals surface area (Å²) in [5, 5.41) is 9.09. The van der Waals surface area contributed by atoms with E-state index < -0.39 is 0 Å². The molecule has 1 aliphatic rings. The number of ether oxygens (including phenoxy) is 3. The first-order valence-corrected chi connectivity index (χ1v) is 11.6. The monoisotopic (exact) mass is 574 g/mol. The van der Waals surface area contributed by atoms with Crippen LogP contribution in [0, 0.1) is 0 Å². The summed E-state index contributed by atoms with van der Waals surface area (Å²) in [6.45, 7) is 5.17. The van der Waals surface area contributed by atoms with Crippen molar-refractivity contribution in [2.75, 3.05) is 60.7 Å². The number of guanidine groups is 1. The Hall–Kier alpha value is -1.56. The predicted molar refractivity (Wildman–Crippen MR) is 142 cm³/mol. The summed E-state index contributed by atoms with van der Waals surface area (Å²) < 4.78 is 16.2. The van der Waals surface area contributed by atoms with Crippen LogP contribution in [0.15, 0.2) is 40.7 Å². The zero-order chi connectivity index (χ0) is 21.9. The van der Waals surface area contributed by atoms with Crippen LogP contribution in [0.3, 0.4) is 0 Å². The number of rotatable bonds is 10. The van der Waals surface area contributed by atoms with Crippen LogP contribution in [-0.4, -0.2) is 71.5 Å². The van der Waals surface area contributed by atoms with E-state index in [0.29, 0.717) is 6.04 Å². The summed E-state index contributed by atoms with van der Waals surface area (Å²) in [4.78, 5) is 8.27. The summed E-state index contributed by atoms with van der Waals surface area (Å²) in [7, 11) is 5.14. The van der Waals surface area contributed by atoms with E-state index in [1.54, 1.807) is 25.6 Å². The lowest BCUT2D eigenvalue weighted by Crippen LogP contribution is -2.46. The Balaban J connectivity index is 0.00000363. The first-order chi connectivity index (χ1) is 15.2. The number of hydrogen-bond donors (Lipinski definition) is 2. The molecule has 2 N–H and O–H groups in total. The molecule has 32 heavy (non-hydrogen) atoms. The minimum Gasteiger partial charge on any atom is -0.493 e. The number of methoxy groups -OCH3 is 2. The van der Waals surface area contributed by atoms with Crippen molar-refractivity contribution in [1.82, 2.24) is 15.5 Å². The lowest BCUT2D eigenvalue weighted by Gasteiger charge is -2.34. The Morgan fingerprint density at radius 2 is 1.94 bits per heavy atom. The Labute approximate surface area is 212 Å². The highest BCUT2D eigenvalue weighted by Gasteiger charge is 2.23. The maximum atomic E-state index is 5.53. The van der Waals surface area contributed by atoms with Crippen LogP contribution in [0.2, 0.25) is 0 Å². The molecule has 0 bridgehead atoms. The molecule has 0 radical (unpaired) electrons. The highest BCUT2D eigenvalue weighted by atomic mass is 127. The number of nitrogens with zero attached hydrogens (tertiary/aromatic N) is 2. The zero-order valence-corrected chi connectivity index (χ0v) is 22.3. The number of aliphatic imine (C=N–C) groups is 1. The normalized spacial score (nSPS) is 15.5. The standard InChI is InChI=1S/C23H34N4O3S.HI/c1-24-23(25-10-4-6-18-8-9-20(28-2)21(16-18)29-3)26-17-19(22-7-5-15-31-22)27-11-13-30-14-12-27;/h5,7-9,15-16,19H,4,6,10-14,17H2,1-3H3,(H2,24,25,26);1H. The molecule has 2 heterocycles. The predicted octanol–water partition coefficient (Wildman–Crippen LogP) is 3.55. The summed E-state index contributed by atoms with van der Waals surface area (Å²) in [6.07, 6.45) is 1.95. The van der Waals surface area contributed by atoms with Crippen LogP contribution in [0.5, 0.6) is 11.5 Å². The molecule has 1 aromatic carbocycles. The number of morpholine rings is 1. The lowest BCUT2D eigenvalue weighted by molar-refractivity contribution is 0.0177. The van der Waals surface area contributed by atoms with E-state index in [1.807, 2.05) is 19.2 Å². The minimum absolute atomic E-state index is 0. The fourth-order valence-electron chi connectivity index (χ4n) is 3.73. The van der Waals surface area contributed by atoms with Crippen molar-refractivity contribution in [3.63, 3.8) is 0 Å². The number of benzene rings is 1. The van der Waals surface area contributed by atoms with Gasteiger partial charge in [-0.1, -0.05) is 12.1 Å². The van der Waals surface area contributed by atoms with Gasteiger partial charge < -0.3 is 24.8 Å². The topological polar surface area (TPSA) is 67.4 Å². The number of aryl methyl sites for hydroxylation is 1. The van der Waals surface area contributed by atoms with Crippen molar-refractivity contribution in [2.45, 2.75) is 18.9 Å². The number of hydrogen-bond acceptors (Lipinski definition) is 6. The molecular weight excluding hydrogens is 539 g/mol. The fraction of sp³-hybridized carbons (Fsp3) is 0.522. The molecule has 1 fully saturated rings. The van der Waals surface area contributed by atoms with Gasteiger partial charge in [-0.2, -0.15) is 0 Å². The lowest BCUT2D eigenvalue weighted by atomic mass is 10.1. The van der Waals surface area contributed by atoms with E-state index in [-0.39, 0.29) is 24.0 Å². The Kier molecular flexibility index (Phi) is 12.1. The first kappa shape index (κ1) is 26.7. The van der Waals surface area contributed by atoms with Crippen molar-refractivity contribution in [1.29, 1.82) is 0 Å². The maximum Gasteiger partial charge on any atom is 0.191 e. The Morgan fingerprint density at radius 1 is 1.16 bits per heavy atom. The molecule has 1 unspecified atom stereocenters. The van der Waals surface area contributed by atoms with Crippen molar-refractivity contribution < 1.29 is 14.2 Å². The third-order valence-electron chi connectivity index (χ3n) is 5.43. The van der Waals surface area contributed by atoms with Crippen molar-refractivity contribution >= 4 is 41.3 Å². The summed E-state index contributed by atoms with van der Waals surface area (Å²) in [5.41, 5.74) is 1.23. The molecular formula is C23H35IN4O3S. The number of thiophene rings is 1. The van der Waals surface area contributed by atoms with E-state index in [1.165, 1.54) is 10.4 Å². The van der Waals surface area contributed by atoms with Gasteiger partial charge in [0.05, 0.1) is 33.5 Å². The smallest absolute Gasteiger partial charge is 0.191 e. The molecule has 0 amide bonds. The van der Waals surface area contributed by atoms with Gasteiger partial charge in [-0.25, -0.2) is 0 Å². The molecule has 0 aliphatic carbocycles. The van der Waals surface area contributed by atoms with E-state index in [4.69, 9.17) is 14.2 Å². The van der Waals surface area contributed by atoms with E-state index in [9.17, 15) is 0 Å². The van der Waals surface area contributed by atoms with Crippen LogP contribution in [0.4, 0.5) is 0 Å². The highest BCUT2D eigenvalue weighted by molar-refractivity contribution is 14.0. The van der Waals surface area contributed by atoms with Crippen LogP contribution >= 0.6 is 35.3 Å². The van der Waals surface area contributed by atoms with Gasteiger partial charge in [0.1, 0.15) is 0 Å². The molecule has 3 rings (SSSR count). The quantitative estimate of drug-likeness (QED) is 0.196.